The molecule has 2 atom stereocenters. The second-order valence-corrected chi connectivity index (χ2v) is 3.68. The summed E-state index contributed by atoms with van der Waals surface area (Å²) in [6, 6.07) is 0. The predicted molar refractivity (Wildman–Crippen MR) is 47.2 cm³/mol. The van der Waals surface area contributed by atoms with Gasteiger partial charge >= 0.3 is 17.9 Å². The fourth-order valence-corrected chi connectivity index (χ4v) is 2.10. The maximum absolute atomic E-state index is 10.9. The predicted octanol–water partition coefficient (Wildman–Crippen LogP) is 0.273. The van der Waals surface area contributed by atoms with Crippen molar-refractivity contribution in [2.24, 2.45) is 17.8 Å². The van der Waals surface area contributed by atoms with Gasteiger partial charge in [0.15, 0.2) is 0 Å². The monoisotopic (exact) mass is 216 g/mol. The Morgan fingerprint density at radius 1 is 0.800 bits per heavy atom. The third-order valence-corrected chi connectivity index (χ3v) is 2.82. The molecule has 0 aromatic rings. The van der Waals surface area contributed by atoms with Gasteiger partial charge in [-0.25, -0.2) is 0 Å². The molecule has 2 unspecified atom stereocenters. The number of carbonyl (C=O) groups is 3. The molecule has 0 bridgehead atoms. The number of hydrogen-bond donors (Lipinski definition) is 3. The number of hydrogen-bond acceptors (Lipinski definition) is 3. The van der Waals surface area contributed by atoms with Crippen molar-refractivity contribution in [1.29, 1.82) is 0 Å². The van der Waals surface area contributed by atoms with Gasteiger partial charge < -0.3 is 15.3 Å². The molecule has 1 aliphatic rings. The van der Waals surface area contributed by atoms with Gasteiger partial charge in [0, 0.05) is 0 Å². The third-order valence-electron chi connectivity index (χ3n) is 2.82. The summed E-state index contributed by atoms with van der Waals surface area (Å²) in [6.07, 6.45) is 0.907. The highest BCUT2D eigenvalue weighted by Crippen LogP contribution is 2.35. The molecule has 1 rings (SSSR count). The first-order valence-corrected chi connectivity index (χ1v) is 4.63. The Hall–Kier alpha value is -1.59. The highest BCUT2D eigenvalue weighted by molar-refractivity contribution is 5.85. The van der Waals surface area contributed by atoms with Gasteiger partial charge in [-0.2, -0.15) is 0 Å². The summed E-state index contributed by atoms with van der Waals surface area (Å²) >= 11 is 0. The van der Waals surface area contributed by atoms with Crippen LogP contribution in [0.25, 0.3) is 0 Å². The number of rotatable bonds is 3. The van der Waals surface area contributed by atoms with E-state index < -0.39 is 35.7 Å². The molecule has 6 heteroatoms. The zero-order chi connectivity index (χ0) is 11.6. The van der Waals surface area contributed by atoms with Gasteiger partial charge in [-0.1, -0.05) is 6.42 Å². The highest BCUT2D eigenvalue weighted by Gasteiger charge is 2.45. The Bertz CT molecular complexity index is 275. The van der Waals surface area contributed by atoms with Crippen LogP contribution in [0.3, 0.4) is 0 Å². The summed E-state index contributed by atoms with van der Waals surface area (Å²) in [5, 5.41) is 26.5. The fourth-order valence-electron chi connectivity index (χ4n) is 2.10. The lowest BCUT2D eigenvalue weighted by molar-refractivity contribution is -0.164. The molecule has 0 aliphatic heterocycles. The van der Waals surface area contributed by atoms with Crippen molar-refractivity contribution in [3.05, 3.63) is 0 Å². The van der Waals surface area contributed by atoms with Crippen LogP contribution >= 0.6 is 0 Å². The Morgan fingerprint density at radius 2 is 1.20 bits per heavy atom. The molecule has 1 aliphatic carbocycles. The van der Waals surface area contributed by atoms with E-state index in [4.69, 9.17) is 15.3 Å². The van der Waals surface area contributed by atoms with Gasteiger partial charge in [-0.3, -0.25) is 14.4 Å². The topological polar surface area (TPSA) is 112 Å². The second kappa shape index (κ2) is 4.29. The zero-order valence-electron chi connectivity index (χ0n) is 7.92. The summed E-state index contributed by atoms with van der Waals surface area (Å²) in [4.78, 5) is 32.4. The Labute approximate surface area is 85.5 Å². The fraction of sp³-hybridized carbons (Fsp3) is 0.667. The van der Waals surface area contributed by atoms with Gasteiger partial charge in [0.05, 0.1) is 17.8 Å². The molecule has 3 N–H and O–H groups in total. The molecule has 0 aromatic heterocycles. The molecule has 0 saturated heterocycles. The first kappa shape index (κ1) is 11.5. The molecule has 0 spiro atoms. The standard InChI is InChI=1S/C9H12O6/c10-7(11)4-2-1-3-5(8(12)13)6(4)9(14)15/h4-6H,1-3H2,(H,10,11)(H,12,13)(H,14,15). The summed E-state index contributed by atoms with van der Waals surface area (Å²) in [6.45, 7) is 0. The lowest BCUT2D eigenvalue weighted by atomic mass is 9.72. The van der Waals surface area contributed by atoms with E-state index in [9.17, 15) is 14.4 Å². The third kappa shape index (κ3) is 2.26. The number of aliphatic carboxylic acids is 3. The smallest absolute Gasteiger partial charge is 0.308 e. The van der Waals surface area contributed by atoms with Crippen LogP contribution < -0.4 is 0 Å². The van der Waals surface area contributed by atoms with E-state index in [-0.39, 0.29) is 12.8 Å². The molecule has 0 heterocycles. The van der Waals surface area contributed by atoms with Crippen molar-refractivity contribution in [1.82, 2.24) is 0 Å². The Kier molecular flexibility index (Phi) is 3.28. The second-order valence-electron chi connectivity index (χ2n) is 3.68. The van der Waals surface area contributed by atoms with Crippen molar-refractivity contribution < 1.29 is 29.7 Å². The van der Waals surface area contributed by atoms with E-state index in [0.29, 0.717) is 6.42 Å². The van der Waals surface area contributed by atoms with Gasteiger partial charge in [-0.15, -0.1) is 0 Å². The van der Waals surface area contributed by atoms with Crippen molar-refractivity contribution in [2.45, 2.75) is 19.3 Å². The van der Waals surface area contributed by atoms with Crippen molar-refractivity contribution >= 4 is 17.9 Å². The summed E-state index contributed by atoms with van der Waals surface area (Å²) in [7, 11) is 0. The minimum Gasteiger partial charge on any atom is -0.481 e. The first-order chi connectivity index (χ1) is 6.95. The molecule has 6 nitrogen and oxygen atoms in total. The van der Waals surface area contributed by atoms with Gasteiger partial charge in [0.1, 0.15) is 0 Å². The first-order valence-electron chi connectivity index (χ1n) is 4.63. The molecular weight excluding hydrogens is 204 g/mol. The van der Waals surface area contributed by atoms with Crippen LogP contribution in [0.15, 0.2) is 0 Å². The van der Waals surface area contributed by atoms with Gasteiger partial charge in [-0.05, 0) is 12.8 Å². The van der Waals surface area contributed by atoms with Crippen LogP contribution in [0.1, 0.15) is 19.3 Å². The minimum absolute atomic E-state index is 0.232. The quantitative estimate of drug-likeness (QED) is 0.624. The largest absolute Gasteiger partial charge is 0.481 e. The van der Waals surface area contributed by atoms with Gasteiger partial charge in [0.25, 0.3) is 0 Å². The van der Waals surface area contributed by atoms with Crippen LogP contribution in [-0.4, -0.2) is 33.2 Å². The van der Waals surface area contributed by atoms with Crippen molar-refractivity contribution in [3.8, 4) is 0 Å². The lowest BCUT2D eigenvalue weighted by Gasteiger charge is -2.30. The van der Waals surface area contributed by atoms with E-state index >= 15 is 0 Å². The van der Waals surface area contributed by atoms with E-state index in [1.807, 2.05) is 0 Å². The van der Waals surface area contributed by atoms with E-state index in [1.165, 1.54) is 0 Å². The van der Waals surface area contributed by atoms with E-state index in [0.717, 1.165) is 0 Å². The molecular formula is C9H12O6. The maximum atomic E-state index is 10.9. The van der Waals surface area contributed by atoms with Crippen LogP contribution in [0.5, 0.6) is 0 Å². The molecule has 84 valence electrons. The average Bonchev–Trinajstić information content (AvgIpc) is 2.16. The molecule has 1 saturated carbocycles. The van der Waals surface area contributed by atoms with E-state index in [2.05, 4.69) is 0 Å². The normalized spacial score (nSPS) is 30.8. The van der Waals surface area contributed by atoms with Crippen LogP contribution in [-0.2, 0) is 14.4 Å². The zero-order valence-corrected chi connectivity index (χ0v) is 7.92. The summed E-state index contributed by atoms with van der Waals surface area (Å²) in [5.74, 6) is -7.28. The van der Waals surface area contributed by atoms with Crippen LogP contribution in [0.4, 0.5) is 0 Å². The highest BCUT2D eigenvalue weighted by atomic mass is 16.4. The molecule has 0 aromatic carbocycles. The maximum Gasteiger partial charge on any atom is 0.308 e. The average molecular weight is 216 g/mol. The molecule has 0 amide bonds. The minimum atomic E-state index is -1.34. The van der Waals surface area contributed by atoms with Crippen LogP contribution in [0.2, 0.25) is 0 Å². The van der Waals surface area contributed by atoms with Gasteiger partial charge in [0.2, 0.25) is 0 Å². The molecule has 1 fully saturated rings. The molecule has 15 heavy (non-hydrogen) atoms. The van der Waals surface area contributed by atoms with Crippen molar-refractivity contribution in [2.75, 3.05) is 0 Å². The van der Waals surface area contributed by atoms with E-state index in [1.54, 1.807) is 0 Å². The Balaban J connectivity index is 2.95. The summed E-state index contributed by atoms with van der Waals surface area (Å²) in [5.41, 5.74) is 0. The lowest BCUT2D eigenvalue weighted by Crippen LogP contribution is -2.41. The SMILES string of the molecule is O=C(O)C1CCCC(C(=O)O)C1C(=O)O. The Morgan fingerprint density at radius 3 is 1.47 bits per heavy atom. The number of carboxylic acid groups (broad SMARTS) is 3. The van der Waals surface area contributed by atoms with Crippen LogP contribution in [0, 0.1) is 17.8 Å². The van der Waals surface area contributed by atoms with Crippen molar-refractivity contribution in [3.63, 3.8) is 0 Å². The molecule has 0 radical (unpaired) electrons. The summed E-state index contributed by atoms with van der Waals surface area (Å²) < 4.78 is 0. The number of carboxylic acids is 3.